The van der Waals surface area contributed by atoms with Gasteiger partial charge in [-0.15, -0.1) is 11.3 Å². The molecule has 0 aliphatic carbocycles. The fourth-order valence-corrected chi connectivity index (χ4v) is 3.62. The van der Waals surface area contributed by atoms with Crippen LogP contribution in [0, 0.1) is 0 Å². The number of thiazole rings is 1. The van der Waals surface area contributed by atoms with Gasteiger partial charge in [-0.25, -0.2) is 4.98 Å². The highest BCUT2D eigenvalue weighted by Crippen LogP contribution is 2.25. The highest BCUT2D eigenvalue weighted by atomic mass is 79.9. The number of hydrogen-bond donors (Lipinski definition) is 2. The largest absolute Gasteiger partial charge is 0.494 e. The van der Waals surface area contributed by atoms with Gasteiger partial charge < -0.3 is 15.4 Å². The van der Waals surface area contributed by atoms with Crippen molar-refractivity contribution < 1.29 is 14.3 Å². The van der Waals surface area contributed by atoms with Crippen LogP contribution in [0.15, 0.2) is 58.4 Å². The summed E-state index contributed by atoms with van der Waals surface area (Å²) in [5.41, 5.74) is 2.78. The van der Waals surface area contributed by atoms with Gasteiger partial charge in [0.25, 0.3) is 0 Å². The van der Waals surface area contributed by atoms with E-state index in [-0.39, 0.29) is 11.8 Å². The fourth-order valence-electron chi connectivity index (χ4n) is 2.62. The van der Waals surface area contributed by atoms with Crippen molar-refractivity contribution in [1.29, 1.82) is 0 Å². The summed E-state index contributed by atoms with van der Waals surface area (Å²) in [4.78, 5) is 27.6. The molecule has 0 saturated heterocycles. The normalized spacial score (nSPS) is 10.5. The molecule has 0 aliphatic rings. The Bertz CT molecular complexity index is 988. The van der Waals surface area contributed by atoms with Gasteiger partial charge in [0.2, 0.25) is 11.8 Å². The molecule has 0 saturated carbocycles. The van der Waals surface area contributed by atoms with Crippen LogP contribution in [0.5, 0.6) is 5.75 Å². The van der Waals surface area contributed by atoms with Crippen LogP contribution in [0.3, 0.4) is 0 Å². The summed E-state index contributed by atoms with van der Waals surface area (Å²) in [7, 11) is 0. The molecule has 3 aromatic rings. The second-order valence-corrected chi connectivity index (χ2v) is 8.37. The monoisotopic (exact) mass is 487 g/mol. The quantitative estimate of drug-likeness (QED) is 0.415. The molecule has 0 atom stereocenters. The standard InChI is InChI=1S/C22H22BrN3O3S/c1-15(27)24-13-16-4-6-17(7-5-16)20-14-30-22(25-20)26-21(28)3-2-12-29-19-10-8-18(23)9-11-19/h4-11,14H,2-3,12-13H2,1H3,(H,24,27)(H,25,26,28). The van der Waals surface area contributed by atoms with Crippen LogP contribution < -0.4 is 15.4 Å². The van der Waals surface area contributed by atoms with Crippen LogP contribution in [0.2, 0.25) is 0 Å². The van der Waals surface area contributed by atoms with Gasteiger partial charge in [0.05, 0.1) is 12.3 Å². The maximum Gasteiger partial charge on any atom is 0.226 e. The van der Waals surface area contributed by atoms with Crippen LogP contribution in [-0.2, 0) is 16.1 Å². The first-order valence-electron chi connectivity index (χ1n) is 9.47. The van der Waals surface area contributed by atoms with Crippen LogP contribution in [0.1, 0.15) is 25.3 Å². The third-order valence-corrected chi connectivity index (χ3v) is 5.46. The van der Waals surface area contributed by atoms with Crippen molar-refractivity contribution in [3.05, 3.63) is 63.9 Å². The second-order valence-electron chi connectivity index (χ2n) is 6.60. The molecule has 0 fully saturated rings. The molecule has 1 heterocycles. The van der Waals surface area contributed by atoms with Crippen molar-refractivity contribution in [3.8, 4) is 17.0 Å². The number of anilines is 1. The summed E-state index contributed by atoms with van der Waals surface area (Å²) in [6.07, 6.45) is 0.985. The van der Waals surface area contributed by atoms with E-state index in [2.05, 4.69) is 31.5 Å². The van der Waals surface area contributed by atoms with Crippen molar-refractivity contribution >= 4 is 44.2 Å². The summed E-state index contributed by atoms with van der Waals surface area (Å²) in [5.74, 6) is 0.645. The highest BCUT2D eigenvalue weighted by molar-refractivity contribution is 9.10. The average molecular weight is 488 g/mol. The van der Waals surface area contributed by atoms with E-state index in [0.29, 0.717) is 31.1 Å². The summed E-state index contributed by atoms with van der Waals surface area (Å²) >= 11 is 4.77. The van der Waals surface area contributed by atoms with Crippen LogP contribution in [0.25, 0.3) is 11.3 Å². The maximum absolute atomic E-state index is 12.1. The first-order chi connectivity index (χ1) is 14.5. The first-order valence-corrected chi connectivity index (χ1v) is 11.1. The number of nitrogens with zero attached hydrogens (tertiary/aromatic N) is 1. The Hall–Kier alpha value is -2.71. The number of ether oxygens (including phenoxy) is 1. The molecule has 0 aliphatic heterocycles. The Balaban J connectivity index is 1.43. The van der Waals surface area contributed by atoms with E-state index in [9.17, 15) is 9.59 Å². The van der Waals surface area contributed by atoms with Gasteiger partial charge in [0.1, 0.15) is 5.75 Å². The molecule has 156 valence electrons. The minimum atomic E-state index is -0.0824. The third kappa shape index (κ3) is 6.96. The molecule has 0 spiro atoms. The van der Waals surface area contributed by atoms with E-state index in [4.69, 9.17) is 4.74 Å². The lowest BCUT2D eigenvalue weighted by Crippen LogP contribution is -2.18. The van der Waals surface area contributed by atoms with Gasteiger partial charge >= 0.3 is 0 Å². The van der Waals surface area contributed by atoms with Crippen molar-refractivity contribution in [2.75, 3.05) is 11.9 Å². The summed E-state index contributed by atoms with van der Waals surface area (Å²) in [6, 6.07) is 15.4. The summed E-state index contributed by atoms with van der Waals surface area (Å²) < 4.78 is 6.62. The van der Waals surface area contributed by atoms with Gasteiger partial charge in [-0.05, 0) is 36.2 Å². The zero-order chi connectivity index (χ0) is 21.3. The molecule has 2 aromatic carbocycles. The number of hydrogen-bond acceptors (Lipinski definition) is 5. The number of rotatable bonds is 9. The number of halogens is 1. The van der Waals surface area contributed by atoms with Gasteiger partial charge in [0.15, 0.2) is 5.13 Å². The Labute approximate surface area is 187 Å². The third-order valence-electron chi connectivity index (χ3n) is 4.17. The first kappa shape index (κ1) is 22.0. The molecule has 2 N–H and O–H groups in total. The summed E-state index contributed by atoms with van der Waals surface area (Å²) in [6.45, 7) is 2.47. The van der Waals surface area contributed by atoms with E-state index in [1.165, 1.54) is 18.3 Å². The fraction of sp³-hybridized carbons (Fsp3) is 0.227. The molecule has 6 nitrogen and oxygen atoms in total. The number of carbonyl (C=O) groups excluding carboxylic acids is 2. The summed E-state index contributed by atoms with van der Waals surface area (Å²) in [5, 5.41) is 8.10. The predicted molar refractivity (Wildman–Crippen MR) is 123 cm³/mol. The molecular formula is C22H22BrN3O3S. The van der Waals surface area contributed by atoms with E-state index in [1.807, 2.05) is 53.9 Å². The SMILES string of the molecule is CC(=O)NCc1ccc(-c2csc(NC(=O)CCCOc3ccc(Br)cc3)n2)cc1. The molecule has 0 radical (unpaired) electrons. The number of amides is 2. The Morgan fingerprint density at radius 2 is 1.83 bits per heavy atom. The van der Waals surface area contributed by atoms with Crippen LogP contribution in [0.4, 0.5) is 5.13 Å². The van der Waals surface area contributed by atoms with Crippen molar-refractivity contribution in [2.45, 2.75) is 26.3 Å². The zero-order valence-corrected chi connectivity index (χ0v) is 18.9. The molecule has 30 heavy (non-hydrogen) atoms. The number of nitrogens with one attached hydrogen (secondary N) is 2. The molecule has 3 rings (SSSR count). The molecule has 0 unspecified atom stereocenters. The van der Waals surface area contributed by atoms with Gasteiger partial charge in [-0.3, -0.25) is 9.59 Å². The van der Waals surface area contributed by atoms with E-state index >= 15 is 0 Å². The van der Waals surface area contributed by atoms with Crippen molar-refractivity contribution in [2.24, 2.45) is 0 Å². The molecule has 0 bridgehead atoms. The second kappa shape index (κ2) is 10.9. The number of benzene rings is 2. The lowest BCUT2D eigenvalue weighted by molar-refractivity contribution is -0.119. The molecule has 2 amide bonds. The lowest BCUT2D eigenvalue weighted by atomic mass is 10.1. The van der Waals surface area contributed by atoms with Gasteiger partial charge in [-0.2, -0.15) is 0 Å². The lowest BCUT2D eigenvalue weighted by Gasteiger charge is -2.06. The minimum absolute atomic E-state index is 0.0566. The Morgan fingerprint density at radius 3 is 2.53 bits per heavy atom. The number of aromatic nitrogens is 1. The Kier molecular flexibility index (Phi) is 7.98. The van der Waals surface area contributed by atoms with Crippen LogP contribution in [-0.4, -0.2) is 23.4 Å². The average Bonchev–Trinajstić information content (AvgIpc) is 3.19. The van der Waals surface area contributed by atoms with E-state index in [1.54, 1.807) is 0 Å². The smallest absolute Gasteiger partial charge is 0.226 e. The molecule has 1 aromatic heterocycles. The van der Waals surface area contributed by atoms with Crippen LogP contribution >= 0.6 is 27.3 Å². The van der Waals surface area contributed by atoms with Crippen molar-refractivity contribution in [1.82, 2.24) is 10.3 Å². The zero-order valence-electron chi connectivity index (χ0n) is 16.5. The van der Waals surface area contributed by atoms with E-state index < -0.39 is 0 Å². The predicted octanol–water partition coefficient (Wildman–Crippen LogP) is 5.01. The maximum atomic E-state index is 12.1. The topological polar surface area (TPSA) is 80.3 Å². The minimum Gasteiger partial charge on any atom is -0.494 e. The van der Waals surface area contributed by atoms with Gasteiger partial charge in [-0.1, -0.05) is 40.2 Å². The van der Waals surface area contributed by atoms with E-state index in [0.717, 1.165) is 27.0 Å². The molecular weight excluding hydrogens is 466 g/mol. The van der Waals surface area contributed by atoms with Crippen molar-refractivity contribution in [3.63, 3.8) is 0 Å². The molecule has 8 heteroatoms. The number of carbonyl (C=O) groups is 2. The Morgan fingerprint density at radius 1 is 1.10 bits per heavy atom. The highest BCUT2D eigenvalue weighted by Gasteiger charge is 2.08. The van der Waals surface area contributed by atoms with Gasteiger partial charge in [0, 0.05) is 35.3 Å².